The number of benzene rings is 3. The summed E-state index contributed by atoms with van der Waals surface area (Å²) in [5.74, 6) is -1.23. The molecule has 1 atom stereocenters. The molecule has 0 fully saturated rings. The molecule has 3 rings (SSSR count). The first-order valence-corrected chi connectivity index (χ1v) is 12.4. The van der Waals surface area contributed by atoms with Crippen molar-refractivity contribution in [2.24, 2.45) is 0 Å². The molecular weight excluding hydrogens is 486 g/mol. The molecule has 0 aliphatic heterocycles. The van der Waals surface area contributed by atoms with Gasteiger partial charge < -0.3 is 10.2 Å². The van der Waals surface area contributed by atoms with E-state index in [1.165, 1.54) is 17.0 Å². The highest BCUT2D eigenvalue weighted by Gasteiger charge is 2.31. The first kappa shape index (κ1) is 26.7. The summed E-state index contributed by atoms with van der Waals surface area (Å²) in [5.41, 5.74) is 1.71. The van der Waals surface area contributed by atoms with Crippen LogP contribution in [-0.4, -0.2) is 29.3 Å². The number of carbonyl (C=O) groups is 2. The molecular formula is C28H29Cl2FN2O2. The zero-order chi connectivity index (χ0) is 25.2. The molecule has 7 heteroatoms. The maximum Gasteiger partial charge on any atom is 0.243 e. The lowest BCUT2D eigenvalue weighted by molar-refractivity contribution is -0.140. The van der Waals surface area contributed by atoms with Gasteiger partial charge in [0.1, 0.15) is 11.9 Å². The second-order valence-corrected chi connectivity index (χ2v) is 9.15. The lowest BCUT2D eigenvalue weighted by Gasteiger charge is -2.32. The second-order valence-electron chi connectivity index (χ2n) is 8.34. The molecule has 1 N–H and O–H groups in total. The van der Waals surface area contributed by atoms with Crippen LogP contribution in [0.4, 0.5) is 4.39 Å². The van der Waals surface area contributed by atoms with Crippen LogP contribution < -0.4 is 5.32 Å². The van der Waals surface area contributed by atoms with Gasteiger partial charge in [0.2, 0.25) is 11.8 Å². The highest BCUT2D eigenvalue weighted by Crippen LogP contribution is 2.24. The number of amides is 2. The Balaban J connectivity index is 1.99. The quantitative estimate of drug-likeness (QED) is 0.308. The number of unbranched alkanes of at least 4 members (excludes halogenated alkanes) is 1. The van der Waals surface area contributed by atoms with Crippen molar-refractivity contribution >= 4 is 35.0 Å². The molecule has 1 unspecified atom stereocenters. The summed E-state index contributed by atoms with van der Waals surface area (Å²) in [6.45, 7) is 2.65. The first-order valence-electron chi connectivity index (χ1n) is 11.7. The minimum absolute atomic E-state index is 0.100. The van der Waals surface area contributed by atoms with E-state index in [0.717, 1.165) is 18.4 Å². The van der Waals surface area contributed by atoms with E-state index in [-0.39, 0.29) is 29.5 Å². The Labute approximate surface area is 216 Å². The van der Waals surface area contributed by atoms with Crippen molar-refractivity contribution in [3.05, 3.63) is 105 Å². The van der Waals surface area contributed by atoms with Gasteiger partial charge in [-0.2, -0.15) is 0 Å². The monoisotopic (exact) mass is 514 g/mol. The highest BCUT2D eigenvalue weighted by molar-refractivity contribution is 6.31. The van der Waals surface area contributed by atoms with E-state index in [1.54, 1.807) is 18.2 Å². The summed E-state index contributed by atoms with van der Waals surface area (Å²) in [4.78, 5) is 28.6. The van der Waals surface area contributed by atoms with Crippen molar-refractivity contribution in [1.82, 2.24) is 10.2 Å². The van der Waals surface area contributed by atoms with Crippen LogP contribution in [0.25, 0.3) is 0 Å². The predicted octanol–water partition coefficient (Wildman–Crippen LogP) is 6.23. The van der Waals surface area contributed by atoms with Crippen molar-refractivity contribution in [3.63, 3.8) is 0 Å². The van der Waals surface area contributed by atoms with E-state index in [0.29, 0.717) is 23.6 Å². The summed E-state index contributed by atoms with van der Waals surface area (Å²) in [6, 6.07) is 20.2. The maximum atomic E-state index is 14.5. The summed E-state index contributed by atoms with van der Waals surface area (Å²) < 4.78 is 14.5. The first-order chi connectivity index (χ1) is 16.9. The molecule has 184 valence electrons. The highest BCUT2D eigenvalue weighted by atomic mass is 35.5. The third kappa shape index (κ3) is 7.55. The van der Waals surface area contributed by atoms with Gasteiger partial charge in [-0.25, -0.2) is 4.39 Å². The van der Waals surface area contributed by atoms with Gasteiger partial charge in [-0.05, 0) is 35.7 Å². The summed E-state index contributed by atoms with van der Waals surface area (Å²) in [6.07, 6.45) is 1.79. The molecule has 3 aromatic rings. The average Bonchev–Trinajstić information content (AvgIpc) is 2.85. The molecule has 0 saturated heterocycles. The molecule has 2 amide bonds. The van der Waals surface area contributed by atoms with Crippen LogP contribution in [-0.2, 0) is 29.0 Å². The van der Waals surface area contributed by atoms with Gasteiger partial charge in [0.05, 0.1) is 6.42 Å². The molecule has 0 aliphatic carbocycles. The molecule has 0 aromatic heterocycles. The summed E-state index contributed by atoms with van der Waals surface area (Å²) >= 11 is 12.6. The third-order valence-electron chi connectivity index (χ3n) is 5.79. The number of hydrogen-bond donors (Lipinski definition) is 1. The van der Waals surface area contributed by atoms with E-state index >= 15 is 0 Å². The summed E-state index contributed by atoms with van der Waals surface area (Å²) in [7, 11) is 0. The van der Waals surface area contributed by atoms with E-state index < -0.39 is 17.8 Å². The average molecular weight is 515 g/mol. The maximum absolute atomic E-state index is 14.5. The van der Waals surface area contributed by atoms with Crippen LogP contribution in [0.3, 0.4) is 0 Å². The molecule has 0 aliphatic rings. The van der Waals surface area contributed by atoms with Crippen molar-refractivity contribution in [1.29, 1.82) is 0 Å². The van der Waals surface area contributed by atoms with Crippen LogP contribution in [0.1, 0.15) is 36.5 Å². The van der Waals surface area contributed by atoms with Crippen LogP contribution in [0.15, 0.2) is 72.8 Å². The number of rotatable bonds is 11. The topological polar surface area (TPSA) is 49.4 Å². The molecule has 4 nitrogen and oxygen atoms in total. The smallest absolute Gasteiger partial charge is 0.243 e. The van der Waals surface area contributed by atoms with Crippen LogP contribution in [0.2, 0.25) is 10.0 Å². The third-order valence-corrected chi connectivity index (χ3v) is 6.51. The van der Waals surface area contributed by atoms with Crippen LogP contribution in [0, 0.1) is 5.82 Å². The predicted molar refractivity (Wildman–Crippen MR) is 139 cm³/mol. The van der Waals surface area contributed by atoms with Gasteiger partial charge >= 0.3 is 0 Å². The number of halogens is 3. The number of carbonyl (C=O) groups excluding carboxylic acids is 2. The molecule has 0 spiro atoms. The molecule has 3 aromatic carbocycles. The Morgan fingerprint density at radius 1 is 0.943 bits per heavy atom. The fourth-order valence-electron chi connectivity index (χ4n) is 3.82. The van der Waals surface area contributed by atoms with Gasteiger partial charge in [0.25, 0.3) is 0 Å². The number of nitrogens with zero attached hydrogens (tertiary/aromatic N) is 1. The zero-order valence-corrected chi connectivity index (χ0v) is 21.2. The zero-order valence-electron chi connectivity index (χ0n) is 19.6. The van der Waals surface area contributed by atoms with Gasteiger partial charge in [-0.15, -0.1) is 0 Å². The molecule has 35 heavy (non-hydrogen) atoms. The van der Waals surface area contributed by atoms with Crippen molar-refractivity contribution in [3.8, 4) is 0 Å². The Bertz CT molecular complexity index is 1120. The summed E-state index contributed by atoms with van der Waals surface area (Å²) in [5, 5.41) is 3.62. The van der Waals surface area contributed by atoms with Crippen molar-refractivity contribution in [2.45, 2.75) is 45.2 Å². The van der Waals surface area contributed by atoms with E-state index in [1.807, 2.05) is 49.4 Å². The molecule has 0 radical (unpaired) electrons. The Kier molecular flexibility index (Phi) is 10.1. The Morgan fingerprint density at radius 3 is 2.31 bits per heavy atom. The number of hydrogen-bond acceptors (Lipinski definition) is 2. The van der Waals surface area contributed by atoms with Gasteiger partial charge in [0.15, 0.2) is 0 Å². The minimum Gasteiger partial charge on any atom is -0.354 e. The largest absolute Gasteiger partial charge is 0.354 e. The molecule has 0 bridgehead atoms. The van der Waals surface area contributed by atoms with E-state index in [2.05, 4.69) is 5.32 Å². The van der Waals surface area contributed by atoms with Gasteiger partial charge in [-0.3, -0.25) is 9.59 Å². The van der Waals surface area contributed by atoms with Crippen molar-refractivity contribution in [2.75, 3.05) is 6.54 Å². The minimum atomic E-state index is -0.816. The molecule has 0 saturated carbocycles. The van der Waals surface area contributed by atoms with E-state index in [9.17, 15) is 14.0 Å². The van der Waals surface area contributed by atoms with Gasteiger partial charge in [-0.1, -0.05) is 91.1 Å². The lowest BCUT2D eigenvalue weighted by atomic mass is 10.0. The SMILES string of the molecule is CCCCNC(=O)C(Cc1ccccc1)N(Cc1ccccc1Cl)C(=O)Cc1c(F)cccc1Cl. The Hall–Kier alpha value is -2.89. The van der Waals surface area contributed by atoms with E-state index in [4.69, 9.17) is 23.2 Å². The fourth-order valence-corrected chi connectivity index (χ4v) is 4.25. The molecule has 0 heterocycles. The fraction of sp³-hybridized carbons (Fsp3) is 0.286. The van der Waals surface area contributed by atoms with Crippen LogP contribution in [0.5, 0.6) is 0 Å². The Morgan fingerprint density at radius 2 is 1.63 bits per heavy atom. The number of nitrogens with one attached hydrogen (secondary N) is 1. The lowest BCUT2D eigenvalue weighted by Crippen LogP contribution is -2.51. The standard InChI is InChI=1S/C28H29Cl2FN2O2/c1-2-3-16-32-28(35)26(17-20-10-5-4-6-11-20)33(19-21-12-7-8-13-23(21)29)27(34)18-22-24(30)14-9-15-25(22)31/h4-15,26H,2-3,16-19H2,1H3,(H,32,35). The van der Waals surface area contributed by atoms with Gasteiger partial charge in [0, 0.05) is 35.1 Å². The second kappa shape index (κ2) is 13.3. The normalized spacial score (nSPS) is 11.7. The van der Waals surface area contributed by atoms with Crippen LogP contribution >= 0.6 is 23.2 Å². The van der Waals surface area contributed by atoms with Crippen molar-refractivity contribution < 1.29 is 14.0 Å².